The lowest BCUT2D eigenvalue weighted by molar-refractivity contribution is -0.153. The molecule has 2 amide bonds. The molecule has 3 fully saturated rings. The van der Waals surface area contributed by atoms with Crippen molar-refractivity contribution < 1.29 is 24.2 Å². The molecule has 0 radical (unpaired) electrons. The number of fused-ring (bicyclic) bond motifs is 1. The van der Waals surface area contributed by atoms with Gasteiger partial charge in [0, 0.05) is 28.9 Å². The van der Waals surface area contributed by atoms with Gasteiger partial charge in [-0.05, 0) is 44.4 Å². The highest BCUT2D eigenvalue weighted by atomic mass is 79.9. The van der Waals surface area contributed by atoms with E-state index in [-0.39, 0.29) is 54.2 Å². The van der Waals surface area contributed by atoms with Gasteiger partial charge in [-0.1, -0.05) is 34.1 Å². The van der Waals surface area contributed by atoms with Crippen molar-refractivity contribution in [1.29, 1.82) is 0 Å². The Bertz CT molecular complexity index is 1020. The van der Waals surface area contributed by atoms with Crippen LogP contribution in [0.2, 0.25) is 0 Å². The minimum absolute atomic E-state index is 0.0195. The SMILES string of the molecule is C=CCN(C(=O)C1N(CCO)C(=O)[C@@H]2[C@H](C(=O)OCC)[C@H]3SC12CC3Br)c1cc(C)ccc1C. The summed E-state index contributed by atoms with van der Waals surface area (Å²) >= 11 is 5.29. The third-order valence-electron chi connectivity index (χ3n) is 7.16. The largest absolute Gasteiger partial charge is 0.466 e. The molecule has 9 heteroatoms. The Balaban J connectivity index is 1.81. The van der Waals surface area contributed by atoms with Crippen molar-refractivity contribution in [2.75, 3.05) is 31.2 Å². The molecule has 34 heavy (non-hydrogen) atoms. The van der Waals surface area contributed by atoms with Crippen LogP contribution < -0.4 is 4.90 Å². The van der Waals surface area contributed by atoms with Gasteiger partial charge in [-0.25, -0.2) is 0 Å². The summed E-state index contributed by atoms with van der Waals surface area (Å²) < 4.78 is 4.59. The Kier molecular flexibility index (Phi) is 7.18. The molecule has 6 atom stereocenters. The fourth-order valence-electron chi connectivity index (χ4n) is 5.86. The summed E-state index contributed by atoms with van der Waals surface area (Å²) in [6.07, 6.45) is 2.26. The average Bonchev–Trinajstić information content (AvgIpc) is 3.38. The van der Waals surface area contributed by atoms with Gasteiger partial charge in [0.05, 0.1) is 29.8 Å². The maximum Gasteiger partial charge on any atom is 0.310 e. The zero-order valence-corrected chi connectivity index (χ0v) is 22.1. The zero-order valence-electron chi connectivity index (χ0n) is 19.7. The summed E-state index contributed by atoms with van der Waals surface area (Å²) in [6, 6.07) is 5.13. The third-order valence-corrected chi connectivity index (χ3v) is 10.4. The molecule has 3 aliphatic rings. The van der Waals surface area contributed by atoms with Crippen LogP contribution in [0.4, 0.5) is 5.69 Å². The molecule has 1 spiro atoms. The van der Waals surface area contributed by atoms with Gasteiger partial charge >= 0.3 is 5.97 Å². The summed E-state index contributed by atoms with van der Waals surface area (Å²) in [6.45, 7) is 9.81. The Hall–Kier alpha value is -1.84. The molecule has 1 aromatic rings. The van der Waals surface area contributed by atoms with Gasteiger partial charge in [0.2, 0.25) is 5.91 Å². The average molecular weight is 552 g/mol. The maximum absolute atomic E-state index is 14.3. The molecule has 7 nitrogen and oxygen atoms in total. The van der Waals surface area contributed by atoms with Gasteiger partial charge in [0.25, 0.3) is 5.91 Å². The number of β-amino-alcohol motifs (C(OH)–C–C–N with tert-alkyl or cyclic N) is 1. The highest BCUT2D eigenvalue weighted by Gasteiger charge is 2.76. The van der Waals surface area contributed by atoms with Crippen LogP contribution in [0, 0.1) is 25.7 Å². The van der Waals surface area contributed by atoms with Crippen LogP contribution in [0.5, 0.6) is 0 Å². The van der Waals surface area contributed by atoms with Gasteiger partial charge < -0.3 is 19.6 Å². The van der Waals surface area contributed by atoms with E-state index >= 15 is 0 Å². The van der Waals surface area contributed by atoms with Gasteiger partial charge in [-0.2, -0.15) is 0 Å². The maximum atomic E-state index is 14.3. The molecule has 4 rings (SSSR count). The Morgan fingerprint density at radius 1 is 1.41 bits per heavy atom. The van der Waals surface area contributed by atoms with E-state index < -0.39 is 22.6 Å². The molecular formula is C25H31BrN2O5S. The number of halogens is 1. The van der Waals surface area contributed by atoms with Crippen LogP contribution in [0.15, 0.2) is 30.9 Å². The van der Waals surface area contributed by atoms with Crippen molar-refractivity contribution >= 4 is 51.2 Å². The first-order chi connectivity index (χ1) is 16.2. The van der Waals surface area contributed by atoms with Gasteiger partial charge in [-0.3, -0.25) is 14.4 Å². The molecular weight excluding hydrogens is 520 g/mol. The molecule has 3 aliphatic heterocycles. The number of aliphatic hydroxyl groups excluding tert-OH is 1. The number of hydrogen-bond donors (Lipinski definition) is 1. The molecule has 0 saturated carbocycles. The number of hydrogen-bond acceptors (Lipinski definition) is 6. The number of rotatable bonds is 8. The first-order valence-electron chi connectivity index (χ1n) is 11.6. The zero-order chi connectivity index (χ0) is 24.8. The van der Waals surface area contributed by atoms with Crippen LogP contribution >= 0.6 is 27.7 Å². The number of carbonyl (C=O) groups excluding carboxylic acids is 3. The number of benzene rings is 1. The molecule has 0 aromatic heterocycles. The van der Waals surface area contributed by atoms with Crippen LogP contribution in [0.25, 0.3) is 0 Å². The summed E-state index contributed by atoms with van der Waals surface area (Å²) in [7, 11) is 0. The second kappa shape index (κ2) is 9.66. The first-order valence-corrected chi connectivity index (χ1v) is 13.4. The van der Waals surface area contributed by atoms with Crippen molar-refractivity contribution in [3.8, 4) is 0 Å². The highest BCUT2D eigenvalue weighted by Crippen LogP contribution is 2.68. The lowest BCUT2D eigenvalue weighted by atomic mass is 9.71. The fraction of sp³-hybridized carbons (Fsp3) is 0.560. The van der Waals surface area contributed by atoms with E-state index in [9.17, 15) is 19.5 Å². The van der Waals surface area contributed by atoms with E-state index in [1.165, 1.54) is 4.90 Å². The number of amides is 2. The van der Waals surface area contributed by atoms with Crippen LogP contribution in [-0.4, -0.2) is 75.0 Å². The number of carbonyl (C=O) groups is 3. The third kappa shape index (κ3) is 3.80. The Morgan fingerprint density at radius 2 is 2.15 bits per heavy atom. The number of aryl methyl sites for hydroxylation is 2. The molecule has 3 heterocycles. The second-order valence-electron chi connectivity index (χ2n) is 9.20. The summed E-state index contributed by atoms with van der Waals surface area (Å²) in [4.78, 5) is 44.2. The summed E-state index contributed by atoms with van der Waals surface area (Å²) in [5.74, 6) is -2.13. The topological polar surface area (TPSA) is 87.2 Å². The number of ether oxygens (including phenoxy) is 1. The highest BCUT2D eigenvalue weighted by molar-refractivity contribution is 9.09. The van der Waals surface area contributed by atoms with E-state index in [2.05, 4.69) is 22.5 Å². The van der Waals surface area contributed by atoms with E-state index in [1.807, 2.05) is 32.0 Å². The number of nitrogens with zero attached hydrogens (tertiary/aromatic N) is 2. The number of anilines is 1. The number of alkyl halides is 1. The molecule has 3 unspecified atom stereocenters. The Morgan fingerprint density at radius 3 is 2.79 bits per heavy atom. The number of thioether (sulfide) groups is 1. The van der Waals surface area contributed by atoms with Crippen molar-refractivity contribution in [1.82, 2.24) is 4.90 Å². The molecule has 0 aliphatic carbocycles. The van der Waals surface area contributed by atoms with Crippen molar-refractivity contribution in [3.05, 3.63) is 42.0 Å². The minimum atomic E-state index is -0.800. The van der Waals surface area contributed by atoms with E-state index in [0.717, 1.165) is 16.8 Å². The fourth-order valence-corrected chi connectivity index (χ4v) is 9.45. The predicted molar refractivity (Wildman–Crippen MR) is 136 cm³/mol. The number of likely N-dealkylation sites (tertiary alicyclic amines) is 1. The van der Waals surface area contributed by atoms with Crippen molar-refractivity contribution in [2.24, 2.45) is 11.8 Å². The summed E-state index contributed by atoms with van der Waals surface area (Å²) in [5.41, 5.74) is 2.74. The van der Waals surface area contributed by atoms with Gasteiger partial charge in [0.15, 0.2) is 0 Å². The lowest BCUT2D eigenvalue weighted by Gasteiger charge is -2.38. The molecule has 3 saturated heterocycles. The second-order valence-corrected chi connectivity index (χ2v) is 11.9. The quantitative estimate of drug-likeness (QED) is 0.304. The van der Waals surface area contributed by atoms with Crippen LogP contribution in [0.3, 0.4) is 0 Å². The number of aliphatic hydroxyl groups is 1. The minimum Gasteiger partial charge on any atom is -0.466 e. The predicted octanol–water partition coefficient (Wildman–Crippen LogP) is 2.84. The lowest BCUT2D eigenvalue weighted by Crippen LogP contribution is -2.56. The van der Waals surface area contributed by atoms with E-state index in [4.69, 9.17) is 4.74 Å². The monoisotopic (exact) mass is 550 g/mol. The molecule has 2 bridgehead atoms. The Labute approximate surface area is 213 Å². The summed E-state index contributed by atoms with van der Waals surface area (Å²) in [5, 5.41) is 9.64. The molecule has 184 valence electrons. The first kappa shape index (κ1) is 25.3. The van der Waals surface area contributed by atoms with Gasteiger partial charge in [-0.15, -0.1) is 18.3 Å². The standard InChI is InChI=1S/C25H31BrN2O5S/c1-5-9-27(17-12-14(3)7-8-15(17)4)23(31)21-25-13-16(26)20(34-25)18(24(32)33-6-2)19(25)22(30)28(21)10-11-29/h5,7-8,12,16,18-21,29H,1,6,9-11,13H2,2-4H3/t16?,18-,19-,20-,21?,25?/m0/s1. The van der Waals surface area contributed by atoms with Crippen LogP contribution in [0.1, 0.15) is 24.5 Å². The van der Waals surface area contributed by atoms with Gasteiger partial charge in [0.1, 0.15) is 6.04 Å². The van der Waals surface area contributed by atoms with Crippen molar-refractivity contribution in [2.45, 2.75) is 48.1 Å². The normalized spacial score (nSPS) is 31.5. The van der Waals surface area contributed by atoms with Crippen molar-refractivity contribution in [3.63, 3.8) is 0 Å². The van der Waals surface area contributed by atoms with E-state index in [1.54, 1.807) is 29.7 Å². The molecule has 1 aromatic carbocycles. The van der Waals surface area contributed by atoms with Crippen LogP contribution in [-0.2, 0) is 19.1 Å². The van der Waals surface area contributed by atoms with E-state index in [0.29, 0.717) is 6.42 Å². The smallest absolute Gasteiger partial charge is 0.310 e. The molecule has 1 N–H and O–H groups in total. The number of esters is 1.